The zero-order chi connectivity index (χ0) is 20.5. The lowest BCUT2D eigenvalue weighted by Gasteiger charge is -2.25. The van der Waals surface area contributed by atoms with E-state index >= 15 is 0 Å². The first-order valence-electron chi connectivity index (χ1n) is 8.78. The predicted octanol–water partition coefficient (Wildman–Crippen LogP) is 3.84. The Kier molecular flexibility index (Phi) is 5.67. The Morgan fingerprint density at radius 1 is 1.32 bits per heavy atom. The molecule has 0 bridgehead atoms. The van der Waals surface area contributed by atoms with Gasteiger partial charge in [0.1, 0.15) is 5.76 Å². The van der Waals surface area contributed by atoms with Gasteiger partial charge in [0.25, 0.3) is 0 Å². The standard InChI is InChI=1S/C19H21F3N2O3S/c1-3-9-24(16-8-10-28(25,26)12-16)11-17-13(2)27-18(23-17)14-4-6-15(7-5-14)19(20,21)22/h3-7,16H,1,8-12H2,2H3. The molecule has 1 aliphatic rings. The number of oxazole rings is 1. The summed E-state index contributed by atoms with van der Waals surface area (Å²) in [5.74, 6) is 1.05. The summed E-state index contributed by atoms with van der Waals surface area (Å²) < 4.78 is 67.4. The fourth-order valence-electron chi connectivity index (χ4n) is 3.26. The summed E-state index contributed by atoms with van der Waals surface area (Å²) in [5, 5.41) is 0. The Morgan fingerprint density at radius 2 is 2.00 bits per heavy atom. The minimum atomic E-state index is -4.40. The van der Waals surface area contributed by atoms with Gasteiger partial charge in [-0.05, 0) is 37.6 Å². The highest BCUT2D eigenvalue weighted by molar-refractivity contribution is 7.91. The first-order chi connectivity index (χ1) is 13.1. The van der Waals surface area contributed by atoms with Crippen LogP contribution in [0, 0.1) is 6.92 Å². The van der Waals surface area contributed by atoms with Crippen LogP contribution < -0.4 is 0 Å². The number of hydrogen-bond acceptors (Lipinski definition) is 5. The Labute approximate surface area is 161 Å². The van der Waals surface area contributed by atoms with Crippen molar-refractivity contribution in [3.63, 3.8) is 0 Å². The minimum Gasteiger partial charge on any atom is -0.441 e. The maximum absolute atomic E-state index is 12.7. The molecule has 0 amide bonds. The van der Waals surface area contributed by atoms with Crippen molar-refractivity contribution in [3.05, 3.63) is 53.9 Å². The van der Waals surface area contributed by atoms with E-state index in [1.165, 1.54) is 12.1 Å². The maximum Gasteiger partial charge on any atom is 0.416 e. The highest BCUT2D eigenvalue weighted by Gasteiger charge is 2.33. The van der Waals surface area contributed by atoms with E-state index in [4.69, 9.17) is 4.42 Å². The van der Waals surface area contributed by atoms with E-state index < -0.39 is 21.6 Å². The second-order valence-corrected chi connectivity index (χ2v) is 9.10. The zero-order valence-corrected chi connectivity index (χ0v) is 16.2. The van der Waals surface area contributed by atoms with Crippen molar-refractivity contribution in [2.24, 2.45) is 0 Å². The van der Waals surface area contributed by atoms with Gasteiger partial charge in [-0.25, -0.2) is 13.4 Å². The summed E-state index contributed by atoms with van der Waals surface area (Å²) in [6, 6.07) is 4.50. The van der Waals surface area contributed by atoms with Gasteiger partial charge in [0.15, 0.2) is 9.84 Å². The van der Waals surface area contributed by atoms with Crippen molar-refractivity contribution in [3.8, 4) is 11.5 Å². The van der Waals surface area contributed by atoms with E-state index in [0.717, 1.165) is 12.1 Å². The average molecular weight is 414 g/mol. The lowest BCUT2D eigenvalue weighted by molar-refractivity contribution is -0.137. The molecule has 1 fully saturated rings. The molecule has 1 saturated heterocycles. The fourth-order valence-corrected chi connectivity index (χ4v) is 5.03. The van der Waals surface area contributed by atoms with Gasteiger partial charge in [0.2, 0.25) is 5.89 Å². The second kappa shape index (κ2) is 7.71. The summed E-state index contributed by atoms with van der Waals surface area (Å²) >= 11 is 0. The predicted molar refractivity (Wildman–Crippen MR) is 99.3 cm³/mol. The molecule has 0 radical (unpaired) electrons. The van der Waals surface area contributed by atoms with Gasteiger partial charge in [-0.1, -0.05) is 6.08 Å². The molecular formula is C19H21F3N2O3S. The molecule has 0 N–H and O–H groups in total. The Hall–Kier alpha value is -2.13. The van der Waals surface area contributed by atoms with Crippen molar-refractivity contribution in [2.75, 3.05) is 18.1 Å². The molecule has 1 aromatic heterocycles. The molecule has 28 heavy (non-hydrogen) atoms. The molecule has 2 heterocycles. The van der Waals surface area contributed by atoms with Crippen molar-refractivity contribution in [1.29, 1.82) is 0 Å². The molecule has 152 valence electrons. The van der Waals surface area contributed by atoms with Gasteiger partial charge < -0.3 is 4.42 Å². The maximum atomic E-state index is 12.7. The summed E-state index contributed by atoms with van der Waals surface area (Å²) in [7, 11) is -3.03. The Bertz CT molecular complexity index is 950. The first-order valence-corrected chi connectivity index (χ1v) is 10.6. The number of aromatic nitrogens is 1. The normalized spacial score (nSPS) is 19.2. The number of sulfone groups is 1. The van der Waals surface area contributed by atoms with E-state index in [2.05, 4.69) is 11.6 Å². The summed E-state index contributed by atoms with van der Waals surface area (Å²) in [5.41, 5.74) is 0.335. The van der Waals surface area contributed by atoms with Crippen LogP contribution in [0.2, 0.25) is 0 Å². The van der Waals surface area contributed by atoms with Crippen LogP contribution in [-0.2, 0) is 22.6 Å². The monoisotopic (exact) mass is 414 g/mol. The number of aryl methyl sites for hydroxylation is 1. The van der Waals surface area contributed by atoms with Crippen LogP contribution >= 0.6 is 0 Å². The van der Waals surface area contributed by atoms with Gasteiger partial charge in [-0.15, -0.1) is 6.58 Å². The highest BCUT2D eigenvalue weighted by Crippen LogP contribution is 2.31. The third-order valence-electron chi connectivity index (χ3n) is 4.79. The van der Waals surface area contributed by atoms with Gasteiger partial charge in [0, 0.05) is 24.7 Å². The quantitative estimate of drug-likeness (QED) is 0.672. The number of hydrogen-bond donors (Lipinski definition) is 0. The van der Waals surface area contributed by atoms with E-state index in [1.807, 2.05) is 4.90 Å². The molecule has 0 saturated carbocycles. The third kappa shape index (κ3) is 4.64. The third-order valence-corrected chi connectivity index (χ3v) is 6.54. The second-order valence-electron chi connectivity index (χ2n) is 6.87. The highest BCUT2D eigenvalue weighted by atomic mass is 32.2. The van der Waals surface area contributed by atoms with Crippen molar-refractivity contribution >= 4 is 9.84 Å². The summed E-state index contributed by atoms with van der Waals surface area (Å²) in [6.45, 7) is 6.34. The van der Waals surface area contributed by atoms with Crippen LogP contribution in [0.3, 0.4) is 0 Å². The summed E-state index contributed by atoms with van der Waals surface area (Å²) in [6.07, 6.45) is -2.14. The molecule has 1 aliphatic heterocycles. The van der Waals surface area contributed by atoms with Crippen molar-refractivity contribution < 1.29 is 26.0 Å². The smallest absolute Gasteiger partial charge is 0.416 e. The molecule has 0 spiro atoms. The van der Waals surface area contributed by atoms with E-state index in [9.17, 15) is 21.6 Å². The molecule has 2 aromatic rings. The van der Waals surface area contributed by atoms with Gasteiger partial charge in [-0.2, -0.15) is 13.2 Å². The lowest BCUT2D eigenvalue weighted by atomic mass is 10.1. The fraction of sp³-hybridized carbons (Fsp3) is 0.421. The first kappa shape index (κ1) is 20.6. The van der Waals surface area contributed by atoms with Crippen LogP contribution in [-0.4, -0.2) is 42.4 Å². The van der Waals surface area contributed by atoms with Crippen molar-refractivity contribution in [1.82, 2.24) is 9.88 Å². The number of rotatable bonds is 6. The van der Waals surface area contributed by atoms with Gasteiger partial charge >= 0.3 is 6.18 Å². The van der Waals surface area contributed by atoms with Crippen LogP contribution in [0.5, 0.6) is 0 Å². The van der Waals surface area contributed by atoms with E-state index in [0.29, 0.717) is 36.5 Å². The average Bonchev–Trinajstić information content (AvgIpc) is 3.16. The minimum absolute atomic E-state index is 0.101. The molecule has 0 aliphatic carbocycles. The van der Waals surface area contributed by atoms with Gasteiger partial charge in [0.05, 0.1) is 22.8 Å². The summed E-state index contributed by atoms with van der Waals surface area (Å²) in [4.78, 5) is 6.41. The zero-order valence-electron chi connectivity index (χ0n) is 15.4. The molecule has 1 aromatic carbocycles. The van der Waals surface area contributed by atoms with E-state index in [-0.39, 0.29) is 23.4 Å². The largest absolute Gasteiger partial charge is 0.441 e. The van der Waals surface area contributed by atoms with Gasteiger partial charge in [-0.3, -0.25) is 4.90 Å². The van der Waals surface area contributed by atoms with Crippen molar-refractivity contribution in [2.45, 2.75) is 32.1 Å². The molecule has 9 heteroatoms. The molecule has 5 nitrogen and oxygen atoms in total. The number of alkyl halides is 3. The molecular weight excluding hydrogens is 393 g/mol. The van der Waals surface area contributed by atoms with Crippen LogP contribution in [0.25, 0.3) is 11.5 Å². The van der Waals surface area contributed by atoms with Crippen LogP contribution in [0.4, 0.5) is 13.2 Å². The number of nitrogens with zero attached hydrogens (tertiary/aromatic N) is 2. The molecule has 1 atom stereocenters. The lowest BCUT2D eigenvalue weighted by Crippen LogP contribution is -2.36. The molecule has 1 unspecified atom stereocenters. The Morgan fingerprint density at radius 3 is 2.54 bits per heavy atom. The van der Waals surface area contributed by atoms with Crippen LogP contribution in [0.15, 0.2) is 41.3 Å². The van der Waals surface area contributed by atoms with E-state index in [1.54, 1.807) is 13.0 Å². The van der Waals surface area contributed by atoms with Crippen LogP contribution in [0.1, 0.15) is 23.4 Å². The topological polar surface area (TPSA) is 63.4 Å². The number of halogens is 3. The number of benzene rings is 1. The molecule has 3 rings (SSSR count). The Balaban J connectivity index is 1.80. The SMILES string of the molecule is C=CCN(Cc1nc(-c2ccc(C(F)(F)F)cc2)oc1C)C1CCS(=O)(=O)C1.